The molecule has 1 aliphatic heterocycles. The van der Waals surface area contributed by atoms with E-state index in [0.717, 1.165) is 36.6 Å². The topological polar surface area (TPSA) is 84.9 Å². The van der Waals surface area contributed by atoms with Crippen LogP contribution in [0.3, 0.4) is 0 Å². The van der Waals surface area contributed by atoms with Gasteiger partial charge in [-0.15, -0.1) is 5.10 Å². The minimum atomic E-state index is -0.0209. The molecule has 1 atom stereocenters. The summed E-state index contributed by atoms with van der Waals surface area (Å²) < 4.78 is 2.18. The number of nitrogens with two attached hydrogens (primary N) is 2. The predicted octanol–water partition coefficient (Wildman–Crippen LogP) is 2.35. The molecule has 0 saturated carbocycles. The standard InChI is InChI=1S/C17H21ClN6/c18-13-5-7-14(8-6-13)24-10-2-4-16(24)12-23-9-1-3-15(23)11-21-22-17(19)20/h2,4-8,10-11,15H,1,3,9,12H2,(H4,19,20,22)/b21-11+. The fourth-order valence-electron chi connectivity index (χ4n) is 3.00. The van der Waals surface area contributed by atoms with Gasteiger partial charge in [0.2, 0.25) is 5.96 Å². The Morgan fingerprint density at radius 1 is 1.25 bits per heavy atom. The zero-order valence-electron chi connectivity index (χ0n) is 13.3. The number of benzene rings is 1. The maximum Gasteiger partial charge on any atom is 0.211 e. The van der Waals surface area contributed by atoms with E-state index in [0.29, 0.717) is 0 Å². The largest absolute Gasteiger partial charge is 0.369 e. The molecule has 0 radical (unpaired) electrons. The third kappa shape index (κ3) is 3.96. The van der Waals surface area contributed by atoms with Crippen molar-refractivity contribution in [1.29, 1.82) is 0 Å². The third-order valence-electron chi connectivity index (χ3n) is 4.13. The molecule has 1 unspecified atom stereocenters. The highest BCUT2D eigenvalue weighted by atomic mass is 35.5. The van der Waals surface area contributed by atoms with Crippen LogP contribution in [-0.4, -0.2) is 34.2 Å². The van der Waals surface area contributed by atoms with E-state index in [1.807, 2.05) is 30.5 Å². The SMILES string of the molecule is NC(N)=N/N=C/C1CCCN1Cc1cccn1-c1ccc(Cl)cc1. The summed E-state index contributed by atoms with van der Waals surface area (Å²) in [6.07, 6.45) is 6.09. The Bertz CT molecular complexity index is 730. The number of hydrogen-bond donors (Lipinski definition) is 2. The van der Waals surface area contributed by atoms with Crippen molar-refractivity contribution < 1.29 is 0 Å². The van der Waals surface area contributed by atoms with Crippen LogP contribution < -0.4 is 11.5 Å². The van der Waals surface area contributed by atoms with Crippen molar-refractivity contribution in [2.24, 2.45) is 21.7 Å². The molecule has 0 spiro atoms. The van der Waals surface area contributed by atoms with Gasteiger partial charge in [0.05, 0.1) is 0 Å². The molecular weight excluding hydrogens is 324 g/mol. The second-order valence-corrected chi connectivity index (χ2v) is 6.25. The van der Waals surface area contributed by atoms with Crippen LogP contribution in [0, 0.1) is 0 Å². The molecular formula is C17H21ClN6. The Balaban J connectivity index is 1.74. The van der Waals surface area contributed by atoms with Crippen molar-refractivity contribution in [1.82, 2.24) is 9.47 Å². The van der Waals surface area contributed by atoms with Gasteiger partial charge in [0, 0.05) is 41.4 Å². The maximum absolute atomic E-state index is 5.98. The Hall–Kier alpha value is -2.31. The first kappa shape index (κ1) is 16.5. The molecule has 1 fully saturated rings. The molecule has 24 heavy (non-hydrogen) atoms. The summed E-state index contributed by atoms with van der Waals surface area (Å²) in [5.74, 6) is -0.0209. The smallest absolute Gasteiger partial charge is 0.211 e. The van der Waals surface area contributed by atoms with E-state index in [9.17, 15) is 0 Å². The molecule has 0 amide bonds. The second-order valence-electron chi connectivity index (χ2n) is 5.82. The van der Waals surface area contributed by atoms with Crippen molar-refractivity contribution in [2.75, 3.05) is 6.54 Å². The number of aromatic nitrogens is 1. The average molecular weight is 345 g/mol. The first-order chi connectivity index (χ1) is 11.6. The quantitative estimate of drug-likeness (QED) is 0.496. The number of rotatable bonds is 5. The lowest BCUT2D eigenvalue weighted by Gasteiger charge is -2.22. The van der Waals surface area contributed by atoms with Crippen LogP contribution in [0.25, 0.3) is 5.69 Å². The van der Waals surface area contributed by atoms with Crippen LogP contribution in [0.5, 0.6) is 0 Å². The average Bonchev–Trinajstić information content (AvgIpc) is 3.18. The molecule has 6 nitrogen and oxygen atoms in total. The van der Waals surface area contributed by atoms with Crippen LogP contribution in [0.15, 0.2) is 52.8 Å². The molecule has 2 aromatic rings. The van der Waals surface area contributed by atoms with Gasteiger partial charge in [0.1, 0.15) is 0 Å². The molecule has 0 aliphatic carbocycles. The van der Waals surface area contributed by atoms with Gasteiger partial charge in [-0.2, -0.15) is 5.10 Å². The summed E-state index contributed by atoms with van der Waals surface area (Å²) in [5, 5.41) is 8.40. The van der Waals surface area contributed by atoms with E-state index < -0.39 is 0 Å². The van der Waals surface area contributed by atoms with Crippen LogP contribution >= 0.6 is 11.6 Å². The Morgan fingerprint density at radius 2 is 2.04 bits per heavy atom. The molecule has 4 N–H and O–H groups in total. The van der Waals surface area contributed by atoms with Gasteiger partial charge < -0.3 is 16.0 Å². The third-order valence-corrected chi connectivity index (χ3v) is 4.38. The zero-order chi connectivity index (χ0) is 16.9. The number of guanidine groups is 1. The number of likely N-dealkylation sites (tertiary alicyclic amines) is 1. The van der Waals surface area contributed by atoms with Crippen molar-refractivity contribution in [3.63, 3.8) is 0 Å². The number of hydrogen-bond acceptors (Lipinski definition) is 3. The summed E-state index contributed by atoms with van der Waals surface area (Å²) >= 11 is 5.98. The maximum atomic E-state index is 5.98. The summed E-state index contributed by atoms with van der Waals surface area (Å²) in [7, 11) is 0. The van der Waals surface area contributed by atoms with Crippen molar-refractivity contribution in [3.8, 4) is 5.69 Å². The van der Waals surface area contributed by atoms with Crippen LogP contribution in [-0.2, 0) is 6.54 Å². The van der Waals surface area contributed by atoms with Gasteiger partial charge in [-0.05, 0) is 55.8 Å². The highest BCUT2D eigenvalue weighted by molar-refractivity contribution is 6.30. The molecule has 0 bridgehead atoms. The Labute approximate surface area is 146 Å². The Morgan fingerprint density at radius 3 is 2.79 bits per heavy atom. The first-order valence-corrected chi connectivity index (χ1v) is 8.29. The van der Waals surface area contributed by atoms with E-state index in [4.69, 9.17) is 23.1 Å². The molecule has 1 saturated heterocycles. The van der Waals surface area contributed by atoms with Gasteiger partial charge >= 0.3 is 0 Å². The van der Waals surface area contributed by atoms with Crippen LogP contribution in [0.2, 0.25) is 5.02 Å². The first-order valence-electron chi connectivity index (χ1n) is 7.92. The second kappa shape index (κ2) is 7.51. The fourth-order valence-corrected chi connectivity index (χ4v) is 3.13. The fraction of sp³-hybridized carbons (Fsp3) is 0.294. The monoisotopic (exact) mass is 344 g/mol. The lowest BCUT2D eigenvalue weighted by atomic mass is 10.2. The normalized spacial score (nSPS) is 18.3. The van der Waals surface area contributed by atoms with E-state index in [1.54, 1.807) is 0 Å². The lowest BCUT2D eigenvalue weighted by Crippen LogP contribution is -2.31. The van der Waals surface area contributed by atoms with E-state index in [1.165, 1.54) is 5.69 Å². The summed E-state index contributed by atoms with van der Waals surface area (Å²) in [5.41, 5.74) is 12.9. The molecule has 1 aliphatic rings. The highest BCUT2D eigenvalue weighted by Crippen LogP contribution is 2.22. The molecule has 1 aromatic carbocycles. The summed E-state index contributed by atoms with van der Waals surface area (Å²) in [4.78, 5) is 2.38. The van der Waals surface area contributed by atoms with Gasteiger partial charge in [-0.25, -0.2) is 0 Å². The molecule has 3 rings (SSSR count). The molecule has 126 valence electrons. The van der Waals surface area contributed by atoms with Gasteiger partial charge in [-0.1, -0.05) is 11.6 Å². The summed E-state index contributed by atoms with van der Waals surface area (Å²) in [6, 6.07) is 12.3. The minimum absolute atomic E-state index is 0.0209. The number of nitrogens with zero attached hydrogens (tertiary/aromatic N) is 4. The van der Waals surface area contributed by atoms with Crippen molar-refractivity contribution in [3.05, 3.63) is 53.3 Å². The summed E-state index contributed by atoms with van der Waals surface area (Å²) in [6.45, 7) is 1.87. The van der Waals surface area contributed by atoms with Gasteiger partial charge in [-0.3, -0.25) is 4.90 Å². The van der Waals surface area contributed by atoms with Crippen LogP contribution in [0.4, 0.5) is 0 Å². The lowest BCUT2D eigenvalue weighted by molar-refractivity contribution is 0.292. The number of halogens is 1. The van der Waals surface area contributed by atoms with E-state index in [-0.39, 0.29) is 12.0 Å². The van der Waals surface area contributed by atoms with Crippen molar-refractivity contribution in [2.45, 2.75) is 25.4 Å². The zero-order valence-corrected chi connectivity index (χ0v) is 14.1. The molecule has 2 heterocycles. The van der Waals surface area contributed by atoms with Crippen LogP contribution in [0.1, 0.15) is 18.5 Å². The minimum Gasteiger partial charge on any atom is -0.369 e. The van der Waals surface area contributed by atoms with E-state index >= 15 is 0 Å². The van der Waals surface area contributed by atoms with Gasteiger partial charge in [0.15, 0.2) is 0 Å². The van der Waals surface area contributed by atoms with Gasteiger partial charge in [0.25, 0.3) is 0 Å². The molecule has 1 aromatic heterocycles. The predicted molar refractivity (Wildman–Crippen MR) is 98.5 cm³/mol. The van der Waals surface area contributed by atoms with Crippen molar-refractivity contribution >= 4 is 23.8 Å². The Kier molecular flexibility index (Phi) is 5.17. The highest BCUT2D eigenvalue weighted by Gasteiger charge is 2.24. The molecule has 7 heteroatoms. The van der Waals surface area contributed by atoms with E-state index in [2.05, 4.69) is 38.0 Å².